The molecular weight excluding hydrogens is 869 g/mol. The average Bonchev–Trinajstić information content (AvgIpc) is 3.80. The normalized spacial score (nSPS) is 12.9. The lowest BCUT2D eigenvalue weighted by molar-refractivity contribution is 0.445. The molecule has 344 valence electrons. The van der Waals surface area contributed by atoms with Crippen molar-refractivity contribution in [2.45, 2.75) is 38.0 Å². The maximum absolute atomic E-state index is 2.52. The number of aromatic nitrogens is 1. The zero-order valence-corrected chi connectivity index (χ0v) is 40.3. The van der Waals surface area contributed by atoms with E-state index in [1.54, 1.807) is 0 Å². The van der Waals surface area contributed by atoms with Gasteiger partial charge >= 0.3 is 0 Å². The Balaban J connectivity index is 1.00. The van der Waals surface area contributed by atoms with E-state index in [-0.39, 0.29) is 0 Å². The van der Waals surface area contributed by atoms with Crippen LogP contribution in [0.25, 0.3) is 93.9 Å². The lowest BCUT2D eigenvalue weighted by Crippen LogP contribution is -2.12. The summed E-state index contributed by atoms with van der Waals surface area (Å²) in [5, 5.41) is 5.18. The van der Waals surface area contributed by atoms with Crippen molar-refractivity contribution in [2.24, 2.45) is 0 Å². The topological polar surface area (TPSA) is 8.17 Å². The smallest absolute Gasteiger partial charge is 0.0547 e. The molecule has 0 bridgehead atoms. The number of hydrogen-bond acceptors (Lipinski definition) is 1. The fourth-order valence-electron chi connectivity index (χ4n) is 11.8. The van der Waals surface area contributed by atoms with Crippen molar-refractivity contribution >= 4 is 49.6 Å². The van der Waals surface area contributed by atoms with E-state index in [0.29, 0.717) is 5.92 Å². The fraction of sp³-hybridized carbons (Fsp3) is 0.0857. The minimum Gasteiger partial charge on any atom is -0.309 e. The first kappa shape index (κ1) is 43.3. The summed E-state index contributed by atoms with van der Waals surface area (Å²) in [5.41, 5.74) is 20.4. The zero-order chi connectivity index (χ0) is 47.8. The van der Waals surface area contributed by atoms with Gasteiger partial charge in [0.1, 0.15) is 0 Å². The number of benzene rings is 11. The molecule has 2 heteroatoms. The van der Waals surface area contributed by atoms with Crippen LogP contribution in [0.2, 0.25) is 0 Å². The number of rotatable bonds is 10. The molecule has 72 heavy (non-hydrogen) atoms. The molecule has 1 fully saturated rings. The average molecular weight is 923 g/mol. The van der Waals surface area contributed by atoms with Crippen molar-refractivity contribution in [2.75, 3.05) is 4.90 Å². The monoisotopic (exact) mass is 922 g/mol. The van der Waals surface area contributed by atoms with Crippen molar-refractivity contribution in [3.8, 4) is 61.3 Å². The van der Waals surface area contributed by atoms with Crippen LogP contribution >= 0.6 is 0 Å². The van der Waals surface area contributed by atoms with Gasteiger partial charge in [0.15, 0.2) is 0 Å². The molecule has 1 aliphatic carbocycles. The summed E-state index contributed by atoms with van der Waals surface area (Å²) in [6.07, 6.45) is 6.41. The van der Waals surface area contributed by atoms with Crippen molar-refractivity contribution in [1.29, 1.82) is 0 Å². The minimum absolute atomic E-state index is 0.561. The van der Waals surface area contributed by atoms with Crippen LogP contribution in [0.3, 0.4) is 0 Å². The van der Waals surface area contributed by atoms with Crippen LogP contribution in [0.1, 0.15) is 43.6 Å². The third kappa shape index (κ3) is 7.86. The largest absolute Gasteiger partial charge is 0.309 e. The van der Waals surface area contributed by atoms with E-state index >= 15 is 0 Å². The molecule has 1 aromatic heterocycles. The summed E-state index contributed by atoms with van der Waals surface area (Å²) in [6.45, 7) is 0. The summed E-state index contributed by atoms with van der Waals surface area (Å²) in [7, 11) is 0. The third-order valence-electron chi connectivity index (χ3n) is 15.2. The summed E-state index contributed by atoms with van der Waals surface area (Å²) in [5.74, 6) is 0.561. The number of nitrogens with zero attached hydrogens (tertiary/aromatic N) is 2. The van der Waals surface area contributed by atoms with Gasteiger partial charge in [-0.2, -0.15) is 0 Å². The second kappa shape index (κ2) is 18.9. The number of anilines is 3. The second-order valence-corrected chi connectivity index (χ2v) is 19.4. The van der Waals surface area contributed by atoms with Gasteiger partial charge in [-0.15, -0.1) is 0 Å². The molecule has 1 saturated carbocycles. The first-order valence-corrected chi connectivity index (χ1v) is 25.7. The van der Waals surface area contributed by atoms with E-state index in [4.69, 9.17) is 0 Å². The van der Waals surface area contributed by atoms with E-state index in [2.05, 4.69) is 270 Å². The second-order valence-electron chi connectivity index (χ2n) is 19.4. The minimum atomic E-state index is 0.561. The number of hydrogen-bond donors (Lipinski definition) is 0. The molecule has 11 aromatic carbocycles. The molecule has 0 atom stereocenters. The van der Waals surface area contributed by atoms with Gasteiger partial charge in [-0.05, 0) is 134 Å². The summed E-state index contributed by atoms with van der Waals surface area (Å²) in [6, 6.07) is 96.3. The SMILES string of the molecule is c1ccc(-c2ccc(-c3ccc(N(c4ccccc4-c4ccc5c6ccccc6n(-c6ccccc6)c5c4)c4ccccc4-c4cccc5cccc(C6CCCCC6)c45)cc3)cc2-c2ccccc2)cc1. The lowest BCUT2D eigenvalue weighted by Gasteiger charge is -2.31. The molecule has 1 heterocycles. The Morgan fingerprint density at radius 1 is 0.333 bits per heavy atom. The van der Waals surface area contributed by atoms with Gasteiger partial charge < -0.3 is 9.47 Å². The molecule has 13 rings (SSSR count). The van der Waals surface area contributed by atoms with Gasteiger partial charge in [0.2, 0.25) is 0 Å². The van der Waals surface area contributed by atoms with Gasteiger partial charge in [-0.1, -0.05) is 226 Å². The fourth-order valence-corrected chi connectivity index (χ4v) is 11.8. The van der Waals surface area contributed by atoms with Crippen molar-refractivity contribution in [3.63, 3.8) is 0 Å². The van der Waals surface area contributed by atoms with Crippen LogP contribution in [-0.4, -0.2) is 4.57 Å². The van der Waals surface area contributed by atoms with Crippen LogP contribution in [-0.2, 0) is 0 Å². The highest BCUT2D eigenvalue weighted by atomic mass is 15.1. The summed E-state index contributed by atoms with van der Waals surface area (Å²) in [4.78, 5) is 2.52. The highest BCUT2D eigenvalue weighted by Gasteiger charge is 2.25. The van der Waals surface area contributed by atoms with Crippen LogP contribution in [0.5, 0.6) is 0 Å². The van der Waals surface area contributed by atoms with E-state index in [1.165, 1.54) is 115 Å². The molecule has 0 unspecified atom stereocenters. The number of fused-ring (bicyclic) bond motifs is 4. The van der Waals surface area contributed by atoms with Crippen LogP contribution in [0, 0.1) is 0 Å². The highest BCUT2D eigenvalue weighted by molar-refractivity contribution is 6.11. The van der Waals surface area contributed by atoms with E-state index < -0.39 is 0 Å². The Morgan fingerprint density at radius 2 is 0.903 bits per heavy atom. The van der Waals surface area contributed by atoms with Gasteiger partial charge in [-0.25, -0.2) is 0 Å². The molecule has 2 nitrogen and oxygen atoms in total. The van der Waals surface area contributed by atoms with Crippen LogP contribution < -0.4 is 4.90 Å². The number of para-hydroxylation sites is 4. The van der Waals surface area contributed by atoms with E-state index in [0.717, 1.165) is 33.9 Å². The molecular formula is C70H54N2. The summed E-state index contributed by atoms with van der Waals surface area (Å²) >= 11 is 0. The van der Waals surface area contributed by atoms with E-state index in [1.807, 2.05) is 0 Å². The Hall–Kier alpha value is -8.72. The Morgan fingerprint density at radius 3 is 1.65 bits per heavy atom. The third-order valence-corrected chi connectivity index (χ3v) is 15.2. The lowest BCUT2D eigenvalue weighted by atomic mass is 9.80. The molecule has 0 saturated heterocycles. The van der Waals surface area contributed by atoms with Gasteiger partial charge in [0, 0.05) is 33.3 Å². The quantitative estimate of drug-likeness (QED) is 0.133. The van der Waals surface area contributed by atoms with Crippen LogP contribution in [0.4, 0.5) is 17.1 Å². The predicted octanol–water partition coefficient (Wildman–Crippen LogP) is 19.8. The van der Waals surface area contributed by atoms with Crippen molar-refractivity contribution < 1.29 is 0 Å². The maximum atomic E-state index is 2.52. The molecule has 0 radical (unpaired) electrons. The molecule has 0 spiro atoms. The molecule has 0 N–H and O–H groups in total. The first-order chi connectivity index (χ1) is 35.7. The molecule has 1 aliphatic rings. The Labute approximate surface area is 422 Å². The Bertz CT molecular complexity index is 3880. The standard InChI is InChI=1S/C70H54N2/c1-5-21-50(22-6-1)58-45-41-54(47-65(58)52-25-9-3-10-26-52)49-39-43-57(44-40-49)71(68-38-18-15-33-62(68)64-35-20-28-53-27-19-34-60(70(53)64)51-23-7-2-8-24-51)66-36-16-13-31-59(66)55-42-46-63-61-32-14-17-37-67(61)72(69(63)48-55)56-29-11-4-12-30-56/h1,3-6,9-22,25-48,51H,2,7-8,23-24H2. The van der Waals surface area contributed by atoms with Crippen LogP contribution in [0.15, 0.2) is 261 Å². The van der Waals surface area contributed by atoms with Gasteiger partial charge in [0.25, 0.3) is 0 Å². The zero-order valence-electron chi connectivity index (χ0n) is 40.3. The molecule has 0 aliphatic heterocycles. The van der Waals surface area contributed by atoms with Gasteiger partial charge in [-0.3, -0.25) is 0 Å². The first-order valence-electron chi connectivity index (χ1n) is 25.7. The highest BCUT2D eigenvalue weighted by Crippen LogP contribution is 2.49. The summed E-state index contributed by atoms with van der Waals surface area (Å²) < 4.78 is 2.42. The predicted molar refractivity (Wildman–Crippen MR) is 306 cm³/mol. The van der Waals surface area contributed by atoms with Crippen molar-refractivity contribution in [3.05, 3.63) is 266 Å². The van der Waals surface area contributed by atoms with Gasteiger partial charge in [0.05, 0.1) is 22.4 Å². The maximum Gasteiger partial charge on any atom is 0.0547 e. The Kier molecular flexibility index (Phi) is 11.4. The molecule has 0 amide bonds. The molecule has 12 aromatic rings. The van der Waals surface area contributed by atoms with E-state index in [9.17, 15) is 0 Å². The van der Waals surface area contributed by atoms with Crippen molar-refractivity contribution in [1.82, 2.24) is 4.57 Å².